The fraction of sp³-hybridized carbons (Fsp3) is 0.717. The van der Waals surface area contributed by atoms with Gasteiger partial charge >= 0.3 is 5.97 Å². The zero-order chi connectivity index (χ0) is 41.4. The molecule has 0 saturated heterocycles. The number of carbonyl (C=O) groups excluding carboxylic acids is 1. The molecule has 0 aliphatic heterocycles. The van der Waals surface area contributed by atoms with Crippen LogP contribution < -0.4 is 4.89 Å². The molecule has 1 N–H and O–H groups in total. The number of unbranched alkanes of at least 4 members (excludes halogenated alkanes) is 14. The van der Waals surface area contributed by atoms with E-state index in [2.05, 4.69) is 50.3 Å². The quantitative estimate of drug-likeness (QED) is 0.0124. The molecule has 0 rings (SSSR count). The minimum absolute atomic E-state index is 0.00773. The Hall–Kier alpha value is -2.26. The Kier molecular flexibility index (Phi) is 36.7. The fourth-order valence-corrected chi connectivity index (χ4v) is 6.12. The van der Waals surface area contributed by atoms with E-state index in [9.17, 15) is 19.4 Å². The van der Waals surface area contributed by atoms with Crippen molar-refractivity contribution < 1.29 is 42.4 Å². The summed E-state index contributed by atoms with van der Waals surface area (Å²) in [5, 5.41) is 10.3. The molecule has 0 radical (unpaired) electrons. The third kappa shape index (κ3) is 41.4. The van der Waals surface area contributed by atoms with Crippen LogP contribution in [0.4, 0.5) is 0 Å². The van der Waals surface area contributed by atoms with E-state index < -0.39 is 26.0 Å². The summed E-state index contributed by atoms with van der Waals surface area (Å²) in [5.74, 6) is -0.456. The number of hydrogen-bond donors (Lipinski definition) is 1. The molecule has 0 fully saturated rings. The normalized spacial score (nSPS) is 15.0. The molecule has 0 bridgehead atoms. The van der Waals surface area contributed by atoms with Gasteiger partial charge in [0.2, 0.25) is 0 Å². The summed E-state index contributed by atoms with van der Waals surface area (Å²) in [4.78, 5) is 24.8. The summed E-state index contributed by atoms with van der Waals surface area (Å²) in [5.41, 5.74) is 0. The second kappa shape index (κ2) is 38.3. The average molecular weight is 808 g/mol. The van der Waals surface area contributed by atoms with Gasteiger partial charge in [0.25, 0.3) is 7.82 Å². The molecule has 0 aromatic rings. The molecule has 324 valence electrons. The molecule has 0 saturated carbocycles. The van der Waals surface area contributed by atoms with Crippen LogP contribution in [-0.2, 0) is 27.9 Å². The Labute approximate surface area is 343 Å². The number of phosphoric ester groups is 1. The number of hydrogen-bond acceptors (Lipinski definition) is 8. The zero-order valence-electron chi connectivity index (χ0n) is 36.2. The van der Waals surface area contributed by atoms with Crippen molar-refractivity contribution in [3.05, 3.63) is 73.1 Å². The maximum Gasteiger partial charge on any atom is 0.305 e. The van der Waals surface area contributed by atoms with Crippen molar-refractivity contribution in [2.45, 2.75) is 167 Å². The van der Waals surface area contributed by atoms with Crippen molar-refractivity contribution in [2.24, 2.45) is 0 Å². The van der Waals surface area contributed by atoms with E-state index >= 15 is 0 Å². The summed E-state index contributed by atoms with van der Waals surface area (Å²) >= 11 is 0. The lowest BCUT2D eigenvalue weighted by molar-refractivity contribution is -0.870. The molecular weight excluding hydrogens is 725 g/mol. The highest BCUT2D eigenvalue weighted by Crippen LogP contribution is 2.38. The second-order valence-corrected chi connectivity index (χ2v) is 17.0. The first kappa shape index (κ1) is 53.7. The lowest BCUT2D eigenvalue weighted by Crippen LogP contribution is -2.37. The van der Waals surface area contributed by atoms with Crippen LogP contribution in [0.25, 0.3) is 0 Å². The molecular formula is C46H82NO8P. The minimum Gasteiger partial charge on any atom is -0.756 e. The summed E-state index contributed by atoms with van der Waals surface area (Å²) < 4.78 is 34.2. The van der Waals surface area contributed by atoms with E-state index in [1.807, 2.05) is 45.4 Å². The van der Waals surface area contributed by atoms with Crippen LogP contribution in [0, 0.1) is 0 Å². The number of nitrogens with zero attached hydrogens (tertiary/aromatic N) is 1. The number of aliphatic hydroxyl groups excluding tert-OH is 1. The number of allylic oxidation sites excluding steroid dienone is 10. The predicted molar refractivity (Wildman–Crippen MR) is 232 cm³/mol. The van der Waals surface area contributed by atoms with Crippen molar-refractivity contribution >= 4 is 13.8 Å². The molecule has 0 amide bonds. The van der Waals surface area contributed by atoms with E-state index in [0.29, 0.717) is 23.9 Å². The number of likely N-dealkylation sites (N-methyl/N-ethyl adjacent to an activating group) is 1. The van der Waals surface area contributed by atoms with Crippen LogP contribution >= 0.6 is 7.82 Å². The first-order valence-electron chi connectivity index (χ1n) is 21.8. The van der Waals surface area contributed by atoms with Crippen LogP contribution in [0.2, 0.25) is 0 Å². The second-order valence-electron chi connectivity index (χ2n) is 15.6. The van der Waals surface area contributed by atoms with E-state index in [1.165, 1.54) is 83.3 Å². The highest BCUT2D eigenvalue weighted by atomic mass is 31.2. The monoisotopic (exact) mass is 808 g/mol. The third-order valence-electron chi connectivity index (χ3n) is 8.92. The standard InChI is InChI=1S/C46H82NO8P/c1-6-8-10-12-14-16-18-20-21-22-24-26-28-30-32-34-40-52-45(43-55-56(50,51)54-41-39-47(3,4)5)42-53-46(49)38-35-37-44(48)36-33-31-29-27-25-23-19-17-15-13-11-9-7-2/h15,17,20-21,23,25,29,31,33-34,36,40,44-45,48H,6-14,16,18-19,22,24,26-28,30,32,35,37-39,41-43H2,1-5H3/b17-15-,21-20-,25-23-,31-29-,36-33+,40-34+/t44-,45-/m1/s1. The number of carbonyl (C=O) groups is 1. The largest absolute Gasteiger partial charge is 0.756 e. The van der Waals surface area contributed by atoms with Crippen LogP contribution in [0.15, 0.2) is 73.1 Å². The number of phosphoric acid groups is 1. The first-order chi connectivity index (χ1) is 27.0. The maximum atomic E-state index is 12.5. The maximum absolute atomic E-state index is 12.5. The van der Waals surface area contributed by atoms with Crippen LogP contribution in [0.1, 0.15) is 155 Å². The SMILES string of the molecule is CCCCC/C=C\C/C=C\C/C=C\C=C\[C@@H](O)CCCC(=O)OC[C@H](COP(=O)([O-])OCC[N+](C)(C)C)O/C=C/CCCCCC/C=C\CCCCCCCC. The van der Waals surface area contributed by atoms with Gasteiger partial charge in [0.1, 0.15) is 19.8 Å². The Bertz CT molecular complexity index is 1140. The lowest BCUT2D eigenvalue weighted by Gasteiger charge is -2.28. The summed E-state index contributed by atoms with van der Waals surface area (Å²) in [7, 11) is 1.24. The Balaban J connectivity index is 4.52. The molecule has 9 nitrogen and oxygen atoms in total. The van der Waals surface area contributed by atoms with Crippen LogP contribution in [0.5, 0.6) is 0 Å². The average Bonchev–Trinajstić information content (AvgIpc) is 3.14. The lowest BCUT2D eigenvalue weighted by atomic mass is 10.1. The first-order valence-corrected chi connectivity index (χ1v) is 23.3. The van der Waals surface area contributed by atoms with Gasteiger partial charge in [-0.05, 0) is 83.1 Å². The minimum atomic E-state index is -4.57. The number of esters is 1. The van der Waals surface area contributed by atoms with Gasteiger partial charge in [0.15, 0.2) is 6.10 Å². The fourth-order valence-electron chi connectivity index (χ4n) is 5.39. The highest BCUT2D eigenvalue weighted by Gasteiger charge is 2.19. The third-order valence-corrected chi connectivity index (χ3v) is 9.89. The van der Waals surface area contributed by atoms with E-state index in [-0.39, 0.29) is 26.2 Å². The van der Waals surface area contributed by atoms with Crippen molar-refractivity contribution in [3.63, 3.8) is 0 Å². The summed E-state index contributed by atoms with van der Waals surface area (Å²) in [6.45, 7) is 4.42. The van der Waals surface area contributed by atoms with Crippen molar-refractivity contribution in [3.8, 4) is 0 Å². The van der Waals surface area contributed by atoms with Crippen LogP contribution in [0.3, 0.4) is 0 Å². The van der Waals surface area contributed by atoms with Gasteiger partial charge in [-0.25, -0.2) is 0 Å². The number of ether oxygens (including phenoxy) is 2. The molecule has 0 aliphatic rings. The number of quaternary nitrogens is 1. The molecule has 0 spiro atoms. The van der Waals surface area contributed by atoms with Gasteiger partial charge in [-0.15, -0.1) is 0 Å². The predicted octanol–water partition coefficient (Wildman–Crippen LogP) is 11.4. The summed E-state index contributed by atoms with van der Waals surface area (Å²) in [6, 6.07) is 0. The van der Waals surface area contributed by atoms with Gasteiger partial charge in [-0.2, -0.15) is 0 Å². The van der Waals surface area contributed by atoms with E-state index in [1.54, 1.807) is 6.08 Å². The van der Waals surface area contributed by atoms with Gasteiger partial charge in [0.05, 0.1) is 40.1 Å². The molecule has 0 aromatic carbocycles. The van der Waals surface area contributed by atoms with Crippen molar-refractivity contribution in [1.29, 1.82) is 0 Å². The summed E-state index contributed by atoms with van der Waals surface area (Å²) in [6.07, 6.45) is 46.2. The number of rotatable bonds is 39. The molecule has 3 atom stereocenters. The van der Waals surface area contributed by atoms with Gasteiger partial charge < -0.3 is 33.0 Å². The molecule has 10 heteroatoms. The van der Waals surface area contributed by atoms with Crippen LogP contribution in [-0.4, -0.2) is 75.3 Å². The molecule has 0 aromatic heterocycles. The van der Waals surface area contributed by atoms with Crippen molar-refractivity contribution in [1.82, 2.24) is 0 Å². The van der Waals surface area contributed by atoms with Gasteiger partial charge in [0, 0.05) is 6.42 Å². The Morgan fingerprint density at radius 1 is 0.679 bits per heavy atom. The Morgan fingerprint density at radius 3 is 1.86 bits per heavy atom. The van der Waals surface area contributed by atoms with Crippen molar-refractivity contribution in [2.75, 3.05) is 47.5 Å². The topological polar surface area (TPSA) is 114 Å². The van der Waals surface area contributed by atoms with E-state index in [0.717, 1.165) is 44.9 Å². The smallest absolute Gasteiger partial charge is 0.305 e. The molecule has 56 heavy (non-hydrogen) atoms. The zero-order valence-corrected chi connectivity index (χ0v) is 37.1. The van der Waals surface area contributed by atoms with Gasteiger partial charge in [-0.3, -0.25) is 9.36 Å². The Morgan fingerprint density at radius 2 is 1.21 bits per heavy atom. The molecule has 1 unspecified atom stereocenters. The molecule has 0 aliphatic carbocycles. The van der Waals surface area contributed by atoms with Gasteiger partial charge in [-0.1, -0.05) is 132 Å². The number of aliphatic hydroxyl groups is 1. The van der Waals surface area contributed by atoms with E-state index in [4.69, 9.17) is 18.5 Å². The highest BCUT2D eigenvalue weighted by molar-refractivity contribution is 7.45. The molecule has 0 heterocycles.